The van der Waals surface area contributed by atoms with E-state index in [2.05, 4.69) is 10.6 Å². The van der Waals surface area contributed by atoms with Gasteiger partial charge in [-0.05, 0) is 19.5 Å². The van der Waals surface area contributed by atoms with Crippen molar-refractivity contribution in [3.63, 3.8) is 0 Å². The number of imide groups is 1. The van der Waals surface area contributed by atoms with E-state index >= 15 is 0 Å². The molecule has 1 aliphatic heterocycles. The smallest absolute Gasteiger partial charge is 0.319 e. The lowest BCUT2D eigenvalue weighted by atomic mass is 9.92. The van der Waals surface area contributed by atoms with E-state index < -0.39 is 5.54 Å². The highest BCUT2D eigenvalue weighted by atomic mass is 16.2. The number of benzene rings is 1. The third kappa shape index (κ3) is 1.97. The molecular formula is C13H17N3O2. The third-order valence-corrected chi connectivity index (χ3v) is 3.21. The molecule has 2 N–H and O–H groups in total. The van der Waals surface area contributed by atoms with Crippen LogP contribution in [0.2, 0.25) is 0 Å². The first-order valence-electron chi connectivity index (χ1n) is 5.94. The standard InChI is InChI=1S/C13H17N3O2/c1-13(10-6-4-3-5-7-10)11(17)16(9-8-14-2)12(18)15-13/h3-7,14H,8-9H2,1-2H3,(H,15,18). The summed E-state index contributed by atoms with van der Waals surface area (Å²) in [7, 11) is 1.79. The van der Waals surface area contributed by atoms with E-state index in [1.54, 1.807) is 14.0 Å². The van der Waals surface area contributed by atoms with Gasteiger partial charge < -0.3 is 10.6 Å². The maximum atomic E-state index is 12.4. The van der Waals surface area contributed by atoms with Crippen LogP contribution < -0.4 is 10.6 Å². The molecule has 0 spiro atoms. The van der Waals surface area contributed by atoms with Crippen LogP contribution in [0.15, 0.2) is 30.3 Å². The second-order valence-electron chi connectivity index (χ2n) is 4.48. The van der Waals surface area contributed by atoms with Gasteiger partial charge in [0.05, 0.1) is 0 Å². The number of urea groups is 1. The predicted molar refractivity (Wildman–Crippen MR) is 68.0 cm³/mol. The van der Waals surface area contributed by atoms with Gasteiger partial charge in [-0.2, -0.15) is 0 Å². The molecule has 1 unspecified atom stereocenters. The summed E-state index contributed by atoms with van der Waals surface area (Å²) in [6.45, 7) is 2.70. The van der Waals surface area contributed by atoms with Crippen LogP contribution in [0, 0.1) is 0 Å². The van der Waals surface area contributed by atoms with E-state index in [-0.39, 0.29) is 11.9 Å². The number of hydrogen-bond donors (Lipinski definition) is 2. The fourth-order valence-electron chi connectivity index (χ4n) is 2.09. The summed E-state index contributed by atoms with van der Waals surface area (Å²) in [6, 6.07) is 8.96. The van der Waals surface area contributed by atoms with Gasteiger partial charge in [-0.25, -0.2) is 4.79 Å². The lowest BCUT2D eigenvalue weighted by Crippen LogP contribution is -2.41. The zero-order valence-corrected chi connectivity index (χ0v) is 10.6. The first kappa shape index (κ1) is 12.6. The molecule has 0 radical (unpaired) electrons. The molecule has 5 nitrogen and oxygen atoms in total. The van der Waals surface area contributed by atoms with Gasteiger partial charge in [-0.1, -0.05) is 30.3 Å². The van der Waals surface area contributed by atoms with Crippen molar-refractivity contribution in [1.29, 1.82) is 0 Å². The molecule has 0 saturated carbocycles. The topological polar surface area (TPSA) is 61.4 Å². The molecular weight excluding hydrogens is 230 g/mol. The van der Waals surface area contributed by atoms with E-state index in [1.165, 1.54) is 4.90 Å². The number of hydrogen-bond acceptors (Lipinski definition) is 3. The Morgan fingerprint density at radius 3 is 2.56 bits per heavy atom. The van der Waals surface area contributed by atoms with Gasteiger partial charge in [0, 0.05) is 13.1 Å². The maximum absolute atomic E-state index is 12.4. The summed E-state index contributed by atoms with van der Waals surface area (Å²) < 4.78 is 0. The summed E-state index contributed by atoms with van der Waals surface area (Å²) in [5.74, 6) is -0.200. The molecule has 0 aromatic heterocycles. The van der Waals surface area contributed by atoms with Gasteiger partial charge in [0.2, 0.25) is 0 Å². The van der Waals surface area contributed by atoms with Crippen molar-refractivity contribution in [2.75, 3.05) is 20.1 Å². The van der Waals surface area contributed by atoms with Crippen molar-refractivity contribution in [2.45, 2.75) is 12.5 Å². The van der Waals surface area contributed by atoms with Gasteiger partial charge in [0.15, 0.2) is 0 Å². The van der Waals surface area contributed by atoms with Crippen LogP contribution in [0.1, 0.15) is 12.5 Å². The summed E-state index contributed by atoms with van der Waals surface area (Å²) in [5, 5.41) is 5.69. The molecule has 1 fully saturated rings. The highest BCUT2D eigenvalue weighted by Gasteiger charge is 2.48. The zero-order chi connectivity index (χ0) is 13.2. The minimum Gasteiger partial charge on any atom is -0.319 e. The largest absolute Gasteiger partial charge is 0.325 e. The fourth-order valence-corrected chi connectivity index (χ4v) is 2.09. The van der Waals surface area contributed by atoms with Crippen molar-refractivity contribution in [1.82, 2.24) is 15.5 Å². The molecule has 1 saturated heterocycles. The molecule has 1 atom stereocenters. The van der Waals surface area contributed by atoms with Crippen LogP contribution in [-0.4, -0.2) is 37.0 Å². The van der Waals surface area contributed by atoms with Gasteiger partial charge in [-0.3, -0.25) is 9.69 Å². The number of carbonyl (C=O) groups is 2. The molecule has 1 aliphatic rings. The predicted octanol–water partition coefficient (Wildman–Crippen LogP) is 0.673. The minimum absolute atomic E-state index is 0.200. The van der Waals surface area contributed by atoms with Crippen molar-refractivity contribution in [3.8, 4) is 0 Å². The van der Waals surface area contributed by atoms with Crippen molar-refractivity contribution < 1.29 is 9.59 Å². The van der Waals surface area contributed by atoms with E-state index in [1.807, 2.05) is 30.3 Å². The Hall–Kier alpha value is -1.88. The van der Waals surface area contributed by atoms with Crippen LogP contribution in [0.5, 0.6) is 0 Å². The number of nitrogens with one attached hydrogen (secondary N) is 2. The third-order valence-electron chi connectivity index (χ3n) is 3.21. The summed E-state index contributed by atoms with van der Waals surface area (Å²) in [4.78, 5) is 25.5. The number of amides is 3. The maximum Gasteiger partial charge on any atom is 0.325 e. The Morgan fingerprint density at radius 1 is 1.28 bits per heavy atom. The normalized spacial score (nSPS) is 23.3. The molecule has 0 bridgehead atoms. The summed E-state index contributed by atoms with van der Waals surface area (Å²) in [6.07, 6.45) is 0. The molecule has 1 heterocycles. The molecule has 2 rings (SSSR count). The molecule has 18 heavy (non-hydrogen) atoms. The highest BCUT2D eigenvalue weighted by molar-refractivity contribution is 6.07. The molecule has 1 aromatic carbocycles. The van der Waals surface area contributed by atoms with Crippen LogP contribution >= 0.6 is 0 Å². The van der Waals surface area contributed by atoms with E-state index in [9.17, 15) is 9.59 Å². The summed E-state index contributed by atoms with van der Waals surface area (Å²) >= 11 is 0. The molecule has 3 amide bonds. The highest BCUT2D eigenvalue weighted by Crippen LogP contribution is 2.28. The van der Waals surface area contributed by atoms with Crippen LogP contribution in [0.3, 0.4) is 0 Å². The van der Waals surface area contributed by atoms with E-state index in [4.69, 9.17) is 0 Å². The first-order valence-corrected chi connectivity index (χ1v) is 5.94. The van der Waals surface area contributed by atoms with E-state index in [0.29, 0.717) is 13.1 Å². The van der Waals surface area contributed by atoms with Crippen LogP contribution in [0.25, 0.3) is 0 Å². The average molecular weight is 247 g/mol. The second kappa shape index (κ2) is 4.78. The first-order chi connectivity index (χ1) is 8.59. The average Bonchev–Trinajstić information content (AvgIpc) is 2.60. The Labute approximate surface area is 106 Å². The Kier molecular flexibility index (Phi) is 3.34. The van der Waals surface area contributed by atoms with Gasteiger partial charge >= 0.3 is 6.03 Å². The number of rotatable bonds is 4. The number of likely N-dealkylation sites (N-methyl/N-ethyl adjacent to an activating group) is 1. The van der Waals surface area contributed by atoms with Gasteiger partial charge in [0.25, 0.3) is 5.91 Å². The lowest BCUT2D eigenvalue weighted by Gasteiger charge is -2.22. The summed E-state index contributed by atoms with van der Waals surface area (Å²) in [5.41, 5.74) is -0.151. The molecule has 96 valence electrons. The SMILES string of the molecule is CNCCN1C(=O)NC(C)(c2ccccc2)C1=O. The van der Waals surface area contributed by atoms with Gasteiger partial charge in [-0.15, -0.1) is 0 Å². The Morgan fingerprint density at radius 2 is 1.94 bits per heavy atom. The molecule has 1 aromatic rings. The van der Waals surface area contributed by atoms with E-state index in [0.717, 1.165) is 5.56 Å². The fraction of sp³-hybridized carbons (Fsp3) is 0.385. The molecule has 0 aliphatic carbocycles. The van der Waals surface area contributed by atoms with Crippen LogP contribution in [0.4, 0.5) is 4.79 Å². The lowest BCUT2D eigenvalue weighted by molar-refractivity contribution is -0.131. The second-order valence-corrected chi connectivity index (χ2v) is 4.48. The Balaban J connectivity index is 2.26. The van der Waals surface area contributed by atoms with Crippen molar-refractivity contribution >= 4 is 11.9 Å². The Bertz CT molecular complexity index is 461. The number of nitrogens with zero attached hydrogens (tertiary/aromatic N) is 1. The monoisotopic (exact) mass is 247 g/mol. The van der Waals surface area contributed by atoms with Crippen molar-refractivity contribution in [2.24, 2.45) is 0 Å². The quantitative estimate of drug-likeness (QED) is 0.769. The molecule has 5 heteroatoms. The van der Waals surface area contributed by atoms with Gasteiger partial charge in [0.1, 0.15) is 5.54 Å². The van der Waals surface area contributed by atoms with Crippen LogP contribution in [-0.2, 0) is 10.3 Å². The number of carbonyl (C=O) groups excluding carboxylic acids is 2. The minimum atomic E-state index is -0.952. The van der Waals surface area contributed by atoms with Crippen molar-refractivity contribution in [3.05, 3.63) is 35.9 Å². The zero-order valence-electron chi connectivity index (χ0n) is 10.6.